The summed E-state index contributed by atoms with van der Waals surface area (Å²) in [6.45, 7) is 15.2. The summed E-state index contributed by atoms with van der Waals surface area (Å²) in [5.41, 5.74) is 0.882. The van der Waals surface area contributed by atoms with Gasteiger partial charge in [0.25, 0.3) is 0 Å². The van der Waals surface area contributed by atoms with Crippen LogP contribution >= 0.6 is 22.6 Å². The third-order valence-electron chi connectivity index (χ3n) is 12.2. The molecule has 60 heavy (non-hydrogen) atoms. The first-order valence-corrected chi connectivity index (χ1v) is 24.1. The van der Waals surface area contributed by atoms with Gasteiger partial charge >= 0.3 is 23.9 Å². The average molecular weight is 959 g/mol. The molecule has 2 saturated heterocycles. The van der Waals surface area contributed by atoms with Crippen LogP contribution in [0.5, 0.6) is 0 Å². The Bertz CT molecular complexity index is 1400. The summed E-state index contributed by atoms with van der Waals surface area (Å²) in [6.07, 6.45) is 6.46. The van der Waals surface area contributed by atoms with Crippen LogP contribution in [-0.2, 0) is 63.7 Å². The predicted molar refractivity (Wildman–Crippen MR) is 237 cm³/mol. The Morgan fingerprint density at radius 3 is 1.87 bits per heavy atom. The third-order valence-corrected chi connectivity index (χ3v) is 13.0. The molecule has 0 spiro atoms. The number of unbranched alkanes of at least 4 members (excludes halogenated alkanes) is 8. The van der Waals surface area contributed by atoms with Crippen molar-refractivity contribution in [3.05, 3.63) is 35.9 Å². The fourth-order valence-electron chi connectivity index (χ4n) is 7.97. The fourth-order valence-corrected chi connectivity index (χ4v) is 8.51. The normalized spacial score (nSPS) is 27.7. The molecule has 3 rings (SSSR count). The van der Waals surface area contributed by atoms with Crippen molar-refractivity contribution >= 4 is 46.5 Å². The number of alkyl halides is 1. The molecule has 0 bridgehead atoms. The third kappa shape index (κ3) is 18.6. The molecule has 7 unspecified atom stereocenters. The largest absolute Gasteiger partial charge is 0.462 e. The average Bonchev–Trinajstić information content (AvgIpc) is 3.20. The summed E-state index contributed by atoms with van der Waals surface area (Å²) in [4.78, 5) is 51.3. The van der Waals surface area contributed by atoms with E-state index in [4.69, 9.17) is 37.9 Å². The van der Waals surface area contributed by atoms with Gasteiger partial charge < -0.3 is 37.9 Å². The quantitative estimate of drug-likeness (QED) is 0.0272. The van der Waals surface area contributed by atoms with Gasteiger partial charge in [-0.05, 0) is 54.4 Å². The highest BCUT2D eigenvalue weighted by Crippen LogP contribution is 2.37. The van der Waals surface area contributed by atoms with Gasteiger partial charge in [-0.3, -0.25) is 19.2 Å². The molecule has 1 aromatic carbocycles. The van der Waals surface area contributed by atoms with Gasteiger partial charge in [0.15, 0.2) is 24.8 Å². The molecule has 1 aromatic rings. The Morgan fingerprint density at radius 2 is 1.23 bits per heavy atom. The Morgan fingerprint density at radius 1 is 0.667 bits per heavy atom. The van der Waals surface area contributed by atoms with Crippen molar-refractivity contribution in [2.75, 3.05) is 11.0 Å². The summed E-state index contributed by atoms with van der Waals surface area (Å²) in [7, 11) is 0. The maximum Gasteiger partial charge on any atom is 0.309 e. The van der Waals surface area contributed by atoms with Gasteiger partial charge in [0.1, 0.15) is 12.7 Å². The number of carbonyl (C=O) groups is 4. The molecule has 2 heterocycles. The van der Waals surface area contributed by atoms with E-state index in [1.165, 1.54) is 37.5 Å². The van der Waals surface area contributed by atoms with Gasteiger partial charge in [-0.15, -0.1) is 0 Å². The molecule has 0 N–H and O–H groups in total. The number of carbonyl (C=O) groups excluding carboxylic acids is 4. The minimum absolute atomic E-state index is 0.00147. The van der Waals surface area contributed by atoms with Crippen molar-refractivity contribution in [1.29, 1.82) is 0 Å². The van der Waals surface area contributed by atoms with E-state index in [0.29, 0.717) is 12.8 Å². The zero-order valence-corrected chi connectivity index (χ0v) is 39.8. The smallest absolute Gasteiger partial charge is 0.309 e. The lowest BCUT2D eigenvalue weighted by Gasteiger charge is -2.46. The van der Waals surface area contributed by atoms with Crippen molar-refractivity contribution < 1.29 is 57.1 Å². The lowest BCUT2D eigenvalue weighted by molar-refractivity contribution is -0.314. The second-order valence-corrected chi connectivity index (χ2v) is 18.1. The van der Waals surface area contributed by atoms with E-state index in [1.807, 2.05) is 58.0 Å². The van der Waals surface area contributed by atoms with Crippen LogP contribution in [0.25, 0.3) is 0 Å². The summed E-state index contributed by atoms with van der Waals surface area (Å²) < 4.78 is 50.2. The van der Waals surface area contributed by atoms with Crippen molar-refractivity contribution in [3.8, 4) is 0 Å². The molecule has 2 aliphatic heterocycles. The van der Waals surface area contributed by atoms with Crippen LogP contribution in [0.15, 0.2) is 30.3 Å². The molecule has 2 aliphatic rings. The maximum absolute atomic E-state index is 13.8. The molecule has 2 fully saturated rings. The van der Waals surface area contributed by atoms with E-state index in [0.717, 1.165) is 50.5 Å². The zero-order chi connectivity index (χ0) is 44.0. The standard InChI is InChI=1S/C47H75IO12/c1-9-10-17-24-39(27-42(51)53-29-38-22-18-16-19-23-38)58-43(52)28-40(25-20-14-12-11-13-15-21-26-48)59-47-45(57-37(8)50)34(5)32(3)41(60-47)30-54-46-44(56-36(7)49)33(4)31(2)35(6)55-46/h16,18-19,22-23,31-35,39-41,44-47H,9-15,17,20-21,24-30H2,1-8H3/t31-,32+,33?,34+,35+,39?,40?,41?,44?,45?,46-,47?/m1/s1. The Hall–Kier alpha value is -2.33. The van der Waals surface area contributed by atoms with Crippen LogP contribution in [0, 0.1) is 23.7 Å². The number of hydrogen-bond donors (Lipinski definition) is 0. The first-order valence-electron chi connectivity index (χ1n) is 22.6. The predicted octanol–water partition coefficient (Wildman–Crippen LogP) is 9.84. The maximum atomic E-state index is 13.8. The van der Waals surface area contributed by atoms with Crippen LogP contribution in [-0.4, -0.2) is 84.1 Å². The number of rotatable bonds is 27. The second kappa shape index (κ2) is 28.4. The number of ether oxygens (including phenoxy) is 8. The van der Waals surface area contributed by atoms with E-state index >= 15 is 0 Å². The first kappa shape index (κ1) is 52.0. The topological polar surface area (TPSA) is 142 Å². The highest BCUT2D eigenvalue weighted by atomic mass is 127. The monoisotopic (exact) mass is 958 g/mol. The van der Waals surface area contributed by atoms with E-state index in [-0.39, 0.29) is 55.8 Å². The van der Waals surface area contributed by atoms with Crippen molar-refractivity contribution in [3.63, 3.8) is 0 Å². The molecule has 342 valence electrons. The number of esters is 4. The first-order chi connectivity index (χ1) is 28.7. The molecular formula is C47H75IO12. The van der Waals surface area contributed by atoms with E-state index in [2.05, 4.69) is 36.4 Å². The van der Waals surface area contributed by atoms with Gasteiger partial charge in [-0.2, -0.15) is 0 Å². The minimum Gasteiger partial charge on any atom is -0.462 e. The SMILES string of the molecule is CCCCCC(CC(=O)OCc1ccccc1)OC(=O)CC(CCCCCCCCCI)OC1OC(CO[C@@H]2O[C@@H](C)[C@H](C)C(C)C2OC(C)=O)[C@@H](C)[C@H](C)C1OC(C)=O. The van der Waals surface area contributed by atoms with E-state index in [9.17, 15) is 19.2 Å². The lowest BCUT2D eigenvalue weighted by Crippen LogP contribution is -2.56. The van der Waals surface area contributed by atoms with Crippen LogP contribution < -0.4 is 0 Å². The Kier molecular flexibility index (Phi) is 24.6. The molecule has 12 nitrogen and oxygen atoms in total. The van der Waals surface area contributed by atoms with Gasteiger partial charge in [0.2, 0.25) is 0 Å². The Labute approximate surface area is 373 Å². The van der Waals surface area contributed by atoms with Crippen LogP contribution in [0.1, 0.15) is 151 Å². The summed E-state index contributed by atoms with van der Waals surface area (Å²) in [5, 5.41) is 0. The van der Waals surface area contributed by atoms with E-state index < -0.39 is 67.0 Å². The molecule has 12 atom stereocenters. The van der Waals surface area contributed by atoms with Crippen molar-refractivity contribution in [1.82, 2.24) is 0 Å². The Balaban J connectivity index is 1.77. The van der Waals surface area contributed by atoms with Crippen LogP contribution in [0.3, 0.4) is 0 Å². The van der Waals surface area contributed by atoms with E-state index in [1.54, 1.807) is 0 Å². The molecular weight excluding hydrogens is 883 g/mol. The summed E-state index contributed by atoms with van der Waals surface area (Å²) in [5.74, 6) is -1.95. The molecule has 13 heteroatoms. The fraction of sp³-hybridized carbons (Fsp3) is 0.787. The van der Waals surface area contributed by atoms with Gasteiger partial charge in [0, 0.05) is 25.7 Å². The molecule has 0 aromatic heterocycles. The highest BCUT2D eigenvalue weighted by molar-refractivity contribution is 14.1. The zero-order valence-electron chi connectivity index (χ0n) is 37.6. The number of halogens is 1. The lowest BCUT2D eigenvalue weighted by atomic mass is 9.83. The number of hydrogen-bond acceptors (Lipinski definition) is 12. The highest BCUT2D eigenvalue weighted by Gasteiger charge is 2.47. The number of benzene rings is 1. The summed E-state index contributed by atoms with van der Waals surface area (Å²) >= 11 is 2.42. The van der Waals surface area contributed by atoms with Gasteiger partial charge in [-0.1, -0.05) is 139 Å². The van der Waals surface area contributed by atoms with Gasteiger partial charge in [-0.25, -0.2) is 0 Å². The molecule has 0 radical (unpaired) electrons. The van der Waals surface area contributed by atoms with Crippen molar-refractivity contribution in [2.24, 2.45) is 23.7 Å². The van der Waals surface area contributed by atoms with Crippen molar-refractivity contribution in [2.45, 2.75) is 201 Å². The minimum atomic E-state index is -0.998. The van der Waals surface area contributed by atoms with Gasteiger partial charge in [0.05, 0.1) is 37.8 Å². The van der Waals surface area contributed by atoms with Crippen LogP contribution in [0.4, 0.5) is 0 Å². The molecule has 0 amide bonds. The molecule has 0 aliphatic carbocycles. The second-order valence-electron chi connectivity index (χ2n) is 17.0. The summed E-state index contributed by atoms with van der Waals surface area (Å²) in [6, 6.07) is 9.47. The molecule has 0 saturated carbocycles. The van der Waals surface area contributed by atoms with Crippen LogP contribution in [0.2, 0.25) is 0 Å².